The Morgan fingerprint density at radius 1 is 1.02 bits per heavy atom. The quantitative estimate of drug-likeness (QED) is 0.192. The van der Waals surface area contributed by atoms with Gasteiger partial charge < -0.3 is 15.1 Å². The second kappa shape index (κ2) is 13.6. The maximum atomic E-state index is 14.0. The number of nitrogens with one attached hydrogen (secondary N) is 1. The molecule has 0 fully saturated rings. The first-order valence-corrected chi connectivity index (χ1v) is 14.4. The molecule has 0 aliphatic heterocycles. The lowest BCUT2D eigenvalue weighted by molar-refractivity contribution is -0.139. The third kappa shape index (κ3) is 7.91. The molecule has 0 unspecified atom stereocenters. The van der Waals surface area contributed by atoms with Crippen LogP contribution in [0.25, 0.3) is 0 Å². The van der Waals surface area contributed by atoms with Crippen LogP contribution in [0.3, 0.4) is 0 Å². The van der Waals surface area contributed by atoms with Crippen molar-refractivity contribution in [3.8, 4) is 0 Å². The number of allylic oxidation sites excluding steroid dienone is 2. The number of nitrogens with zero attached hydrogens (tertiary/aromatic N) is 4. The van der Waals surface area contributed by atoms with E-state index < -0.39 is 6.04 Å². The summed E-state index contributed by atoms with van der Waals surface area (Å²) in [5.41, 5.74) is 4.10. The molecule has 9 heteroatoms. The second-order valence-corrected chi connectivity index (χ2v) is 11.2. The molecule has 7 nitrogen and oxygen atoms in total. The first kappa shape index (κ1) is 29.3. The van der Waals surface area contributed by atoms with Crippen molar-refractivity contribution in [3.05, 3.63) is 89.5 Å². The third-order valence-corrected chi connectivity index (χ3v) is 7.72. The monoisotopic (exact) mass is 561 g/mol. The Morgan fingerprint density at radius 2 is 1.70 bits per heavy atom. The zero-order valence-electron chi connectivity index (χ0n) is 23.4. The minimum Gasteiger partial charge on any atom is -0.378 e. The van der Waals surface area contributed by atoms with Crippen molar-refractivity contribution in [3.63, 3.8) is 0 Å². The Labute approximate surface area is 239 Å². The highest BCUT2D eigenvalue weighted by Gasteiger charge is 2.36. The molecule has 210 valence electrons. The van der Waals surface area contributed by atoms with Crippen LogP contribution in [0, 0.1) is 25.6 Å². The van der Waals surface area contributed by atoms with Crippen molar-refractivity contribution in [2.24, 2.45) is 5.92 Å². The molecule has 0 bridgehead atoms. The standard InChI is InChI=1S/C31H36FN5O2S/c1-21-18-22(2)34-31(33-21)40-20-28(38)37(19-23-10-12-25(32)13-11-23)29(24-8-6-5-7-9-24)30(39)35-26-14-16-27(17-15-26)36(3)4/h5-6,10-18,24,29H,7-9,19-20H2,1-4H3,(H,35,39)/t24-,29+/m0/s1. The van der Waals surface area contributed by atoms with E-state index in [1.54, 1.807) is 17.0 Å². The number of carbonyl (C=O) groups excluding carboxylic acids is 2. The summed E-state index contributed by atoms with van der Waals surface area (Å²) in [5.74, 6) is -0.765. The summed E-state index contributed by atoms with van der Waals surface area (Å²) < 4.78 is 13.7. The molecule has 0 spiro atoms. The van der Waals surface area contributed by atoms with E-state index in [0.29, 0.717) is 17.3 Å². The average molecular weight is 562 g/mol. The fourth-order valence-corrected chi connectivity index (χ4v) is 5.70. The molecule has 1 N–H and O–H groups in total. The van der Waals surface area contributed by atoms with E-state index in [2.05, 4.69) is 27.4 Å². The van der Waals surface area contributed by atoms with E-state index in [-0.39, 0.29) is 35.8 Å². The number of amides is 2. The van der Waals surface area contributed by atoms with Crippen LogP contribution in [-0.2, 0) is 16.1 Å². The lowest BCUT2D eigenvalue weighted by Crippen LogP contribution is -2.51. The first-order chi connectivity index (χ1) is 19.2. The van der Waals surface area contributed by atoms with Crippen LogP contribution in [0.1, 0.15) is 36.2 Å². The zero-order valence-corrected chi connectivity index (χ0v) is 24.2. The number of rotatable bonds is 10. The maximum absolute atomic E-state index is 14.0. The molecule has 2 atom stereocenters. The summed E-state index contributed by atoms with van der Waals surface area (Å²) >= 11 is 1.26. The highest BCUT2D eigenvalue weighted by Crippen LogP contribution is 2.29. The topological polar surface area (TPSA) is 78.4 Å². The normalized spacial score (nSPS) is 15.4. The molecule has 1 aromatic heterocycles. The molecule has 4 rings (SSSR count). The Bertz CT molecular complexity index is 1320. The molecule has 0 saturated heterocycles. The van der Waals surface area contributed by atoms with Crippen LogP contribution in [0.4, 0.5) is 15.8 Å². The van der Waals surface area contributed by atoms with Crippen molar-refractivity contribution in [2.75, 3.05) is 30.1 Å². The highest BCUT2D eigenvalue weighted by molar-refractivity contribution is 7.99. The molecular weight excluding hydrogens is 525 g/mol. The van der Waals surface area contributed by atoms with Crippen LogP contribution < -0.4 is 10.2 Å². The van der Waals surface area contributed by atoms with Gasteiger partial charge in [0.1, 0.15) is 11.9 Å². The number of hydrogen-bond donors (Lipinski definition) is 1. The van der Waals surface area contributed by atoms with Gasteiger partial charge >= 0.3 is 0 Å². The molecule has 0 radical (unpaired) electrons. The van der Waals surface area contributed by atoms with Gasteiger partial charge in [0.15, 0.2) is 5.16 Å². The van der Waals surface area contributed by atoms with E-state index >= 15 is 0 Å². The van der Waals surface area contributed by atoms with Gasteiger partial charge in [-0.2, -0.15) is 0 Å². The number of aryl methyl sites for hydroxylation is 2. The molecule has 3 aromatic rings. The van der Waals surface area contributed by atoms with E-state index in [4.69, 9.17) is 0 Å². The van der Waals surface area contributed by atoms with Crippen LogP contribution in [0.5, 0.6) is 0 Å². The van der Waals surface area contributed by atoms with Gasteiger partial charge in [-0.15, -0.1) is 0 Å². The minimum absolute atomic E-state index is 0.0575. The van der Waals surface area contributed by atoms with E-state index in [1.165, 1.54) is 23.9 Å². The lowest BCUT2D eigenvalue weighted by Gasteiger charge is -2.37. The van der Waals surface area contributed by atoms with E-state index in [0.717, 1.165) is 35.5 Å². The van der Waals surface area contributed by atoms with Crippen LogP contribution in [0.2, 0.25) is 0 Å². The number of halogens is 1. The number of benzene rings is 2. The first-order valence-electron chi connectivity index (χ1n) is 13.4. The summed E-state index contributed by atoms with van der Waals surface area (Å²) in [7, 11) is 3.92. The van der Waals surface area contributed by atoms with Gasteiger partial charge in [0.2, 0.25) is 11.8 Å². The van der Waals surface area contributed by atoms with Gasteiger partial charge in [0.05, 0.1) is 5.75 Å². The van der Waals surface area contributed by atoms with Crippen molar-refractivity contribution in [1.82, 2.24) is 14.9 Å². The molecule has 0 saturated carbocycles. The molecule has 1 aliphatic carbocycles. The number of anilines is 2. The van der Waals surface area contributed by atoms with Crippen LogP contribution in [0.15, 0.2) is 71.9 Å². The minimum atomic E-state index is -0.711. The highest BCUT2D eigenvalue weighted by atomic mass is 32.2. The van der Waals surface area contributed by atoms with Crippen molar-refractivity contribution in [2.45, 2.75) is 50.9 Å². The van der Waals surface area contributed by atoms with Gasteiger partial charge in [-0.05, 0) is 87.1 Å². The van der Waals surface area contributed by atoms with Gasteiger partial charge in [0.25, 0.3) is 0 Å². The number of carbonyl (C=O) groups is 2. The predicted octanol–water partition coefficient (Wildman–Crippen LogP) is 5.78. The number of aromatic nitrogens is 2. The molecule has 40 heavy (non-hydrogen) atoms. The molecule has 1 heterocycles. The largest absolute Gasteiger partial charge is 0.378 e. The average Bonchev–Trinajstić information content (AvgIpc) is 2.93. The number of thioether (sulfide) groups is 1. The lowest BCUT2D eigenvalue weighted by atomic mass is 9.86. The molecule has 2 aromatic carbocycles. The smallest absolute Gasteiger partial charge is 0.247 e. The molecule has 2 amide bonds. The summed E-state index contributed by atoms with van der Waals surface area (Å²) in [6, 6.07) is 14.9. The van der Waals surface area contributed by atoms with Gasteiger partial charge in [0, 0.05) is 43.4 Å². The second-order valence-electron chi connectivity index (χ2n) is 10.3. The Morgan fingerprint density at radius 3 is 2.30 bits per heavy atom. The molecular formula is C31H36FN5O2S. The van der Waals surface area contributed by atoms with E-state index in [1.807, 2.05) is 63.2 Å². The SMILES string of the molecule is Cc1cc(C)nc(SCC(=O)N(Cc2ccc(F)cc2)[C@@H](C(=O)Nc2ccc(N(C)C)cc2)[C@H]2CC=CCC2)n1. The number of hydrogen-bond acceptors (Lipinski definition) is 6. The summed E-state index contributed by atoms with van der Waals surface area (Å²) in [6.45, 7) is 3.97. The van der Waals surface area contributed by atoms with Gasteiger partial charge in [-0.1, -0.05) is 36.0 Å². The Hall–Kier alpha value is -3.72. The predicted molar refractivity (Wildman–Crippen MR) is 159 cm³/mol. The van der Waals surface area contributed by atoms with Gasteiger partial charge in [-0.3, -0.25) is 9.59 Å². The molecule has 1 aliphatic rings. The van der Waals surface area contributed by atoms with Crippen molar-refractivity contribution >= 4 is 35.0 Å². The van der Waals surface area contributed by atoms with Gasteiger partial charge in [-0.25, -0.2) is 14.4 Å². The maximum Gasteiger partial charge on any atom is 0.247 e. The zero-order chi connectivity index (χ0) is 28.6. The summed E-state index contributed by atoms with van der Waals surface area (Å²) in [6.07, 6.45) is 6.52. The third-order valence-electron chi connectivity index (χ3n) is 6.88. The van der Waals surface area contributed by atoms with Crippen molar-refractivity contribution < 1.29 is 14.0 Å². The summed E-state index contributed by atoms with van der Waals surface area (Å²) in [4.78, 5) is 40.4. The van der Waals surface area contributed by atoms with E-state index in [9.17, 15) is 14.0 Å². The fraction of sp³-hybridized carbons (Fsp3) is 0.355. The summed E-state index contributed by atoms with van der Waals surface area (Å²) in [5, 5.41) is 3.58. The van der Waals surface area contributed by atoms with Crippen LogP contribution >= 0.6 is 11.8 Å². The van der Waals surface area contributed by atoms with Crippen molar-refractivity contribution in [1.29, 1.82) is 0 Å². The fourth-order valence-electron chi connectivity index (χ4n) is 4.87. The van der Waals surface area contributed by atoms with Crippen LogP contribution in [-0.4, -0.2) is 52.6 Å². The Kier molecular flexibility index (Phi) is 9.93. The Balaban J connectivity index is 1.63.